The number of aryl methyl sites for hydroxylation is 1. The third-order valence-electron chi connectivity index (χ3n) is 5.22. The number of ether oxygens (including phenoxy) is 1. The molecule has 1 N–H and O–H groups in total. The minimum atomic E-state index is -0.949. The summed E-state index contributed by atoms with van der Waals surface area (Å²) in [5.41, 5.74) is 3.56. The lowest BCUT2D eigenvalue weighted by Gasteiger charge is -2.12. The zero-order valence-corrected chi connectivity index (χ0v) is 18.1. The minimum Gasteiger partial charge on any atom is -0.479 e. The van der Waals surface area contributed by atoms with E-state index in [4.69, 9.17) is 20.8 Å². The van der Waals surface area contributed by atoms with Gasteiger partial charge < -0.3 is 18.8 Å². The van der Waals surface area contributed by atoms with Gasteiger partial charge in [-0.2, -0.15) is 0 Å². The van der Waals surface area contributed by atoms with Gasteiger partial charge in [-0.1, -0.05) is 29.8 Å². The molecular formula is C24H23ClN2O4. The normalized spacial score (nSPS) is 12.4. The van der Waals surface area contributed by atoms with E-state index in [9.17, 15) is 9.90 Å². The van der Waals surface area contributed by atoms with Gasteiger partial charge >= 0.3 is 5.97 Å². The van der Waals surface area contributed by atoms with Crippen molar-refractivity contribution in [2.75, 3.05) is 6.61 Å². The molecule has 2 aromatic carbocycles. The number of carbonyl (C=O) groups is 1. The van der Waals surface area contributed by atoms with E-state index >= 15 is 0 Å². The van der Waals surface area contributed by atoms with Gasteiger partial charge in [0.05, 0.1) is 17.1 Å². The number of aliphatic carboxylic acids is 1. The second-order valence-corrected chi connectivity index (χ2v) is 7.73. The summed E-state index contributed by atoms with van der Waals surface area (Å²) in [4.78, 5) is 16.0. The summed E-state index contributed by atoms with van der Waals surface area (Å²) in [6.07, 6.45) is 1.48. The van der Waals surface area contributed by atoms with Gasteiger partial charge in [0.1, 0.15) is 11.5 Å². The Morgan fingerprint density at radius 3 is 2.81 bits per heavy atom. The molecule has 4 rings (SSSR count). The summed E-state index contributed by atoms with van der Waals surface area (Å²) in [5, 5.41) is 11.0. The highest BCUT2D eigenvalue weighted by Gasteiger charge is 2.19. The number of fused-ring (bicyclic) bond motifs is 1. The molecule has 0 radical (unpaired) electrons. The van der Waals surface area contributed by atoms with E-state index < -0.39 is 12.1 Å². The zero-order chi connectivity index (χ0) is 22.0. The van der Waals surface area contributed by atoms with Crippen molar-refractivity contribution in [2.45, 2.75) is 32.9 Å². The fourth-order valence-corrected chi connectivity index (χ4v) is 3.85. The summed E-state index contributed by atoms with van der Waals surface area (Å²) >= 11 is 6.28. The van der Waals surface area contributed by atoms with E-state index in [1.807, 2.05) is 61.7 Å². The molecule has 0 aliphatic rings. The van der Waals surface area contributed by atoms with Crippen molar-refractivity contribution >= 4 is 28.5 Å². The fourth-order valence-electron chi connectivity index (χ4n) is 3.63. The minimum absolute atomic E-state index is 0.327. The predicted molar refractivity (Wildman–Crippen MR) is 119 cm³/mol. The maximum absolute atomic E-state index is 11.4. The van der Waals surface area contributed by atoms with Crippen LogP contribution in [-0.4, -0.2) is 33.3 Å². The molecule has 2 aromatic heterocycles. The Kier molecular flexibility index (Phi) is 6.11. The maximum atomic E-state index is 11.4. The molecule has 6 nitrogen and oxygen atoms in total. The number of hydrogen-bond acceptors (Lipinski definition) is 4. The van der Waals surface area contributed by atoms with Crippen LogP contribution in [-0.2, 0) is 22.5 Å². The molecular weight excluding hydrogens is 416 g/mol. The monoisotopic (exact) mass is 438 g/mol. The van der Waals surface area contributed by atoms with Crippen molar-refractivity contribution in [1.82, 2.24) is 9.55 Å². The number of carboxylic acid groups (broad SMARTS) is 1. The third kappa shape index (κ3) is 4.50. The van der Waals surface area contributed by atoms with Crippen LogP contribution in [0.15, 0.2) is 59.1 Å². The Morgan fingerprint density at radius 2 is 2.06 bits per heavy atom. The Bertz CT molecular complexity index is 1230. The number of nitrogens with zero attached hydrogens (tertiary/aromatic N) is 2. The number of halogens is 1. The second kappa shape index (κ2) is 8.96. The maximum Gasteiger partial charge on any atom is 0.333 e. The summed E-state index contributed by atoms with van der Waals surface area (Å²) in [7, 11) is 0. The van der Waals surface area contributed by atoms with E-state index in [1.165, 1.54) is 0 Å². The summed E-state index contributed by atoms with van der Waals surface area (Å²) in [6, 6.07) is 15.4. The van der Waals surface area contributed by atoms with Gasteiger partial charge in [-0.15, -0.1) is 0 Å². The van der Waals surface area contributed by atoms with Gasteiger partial charge in [0.15, 0.2) is 6.10 Å². The molecule has 4 aromatic rings. The predicted octanol–water partition coefficient (Wildman–Crippen LogP) is 5.34. The van der Waals surface area contributed by atoms with Crippen molar-refractivity contribution in [3.63, 3.8) is 0 Å². The first kappa shape index (κ1) is 21.2. The number of benzene rings is 2. The molecule has 0 fully saturated rings. The third-order valence-corrected chi connectivity index (χ3v) is 5.55. The van der Waals surface area contributed by atoms with Crippen LogP contribution >= 0.6 is 11.6 Å². The lowest BCUT2D eigenvalue weighted by atomic mass is 10.1. The molecule has 7 heteroatoms. The average Bonchev–Trinajstić information content (AvgIpc) is 3.31. The molecule has 0 saturated heterocycles. The standard InChI is InChI=1S/C24H23ClN2O4/c1-3-30-22(24(28)29)13-16-8-9-21-17(12-16)10-11-27(21)14-20-15(2)31-23(26-20)18-6-4-5-7-19(18)25/h4-12,22H,3,13-14H2,1-2H3,(H,28,29)/t22-/m0/s1. The first-order valence-electron chi connectivity index (χ1n) is 10.1. The molecule has 0 amide bonds. The quantitative estimate of drug-likeness (QED) is 0.402. The number of hydrogen-bond donors (Lipinski definition) is 1. The molecule has 0 spiro atoms. The lowest BCUT2D eigenvalue weighted by Crippen LogP contribution is -2.26. The topological polar surface area (TPSA) is 77.5 Å². The Labute approximate surface area is 185 Å². The van der Waals surface area contributed by atoms with E-state index in [-0.39, 0.29) is 0 Å². The van der Waals surface area contributed by atoms with Crippen molar-refractivity contribution in [1.29, 1.82) is 0 Å². The van der Waals surface area contributed by atoms with E-state index in [0.717, 1.165) is 33.5 Å². The van der Waals surface area contributed by atoms with Crippen LogP contribution in [0.3, 0.4) is 0 Å². The highest BCUT2D eigenvalue weighted by molar-refractivity contribution is 6.33. The summed E-state index contributed by atoms with van der Waals surface area (Å²) < 4.78 is 13.3. The molecule has 0 aliphatic heterocycles. The van der Waals surface area contributed by atoms with Crippen LogP contribution in [0.5, 0.6) is 0 Å². The van der Waals surface area contributed by atoms with Gasteiger partial charge in [-0.05, 0) is 55.1 Å². The smallest absolute Gasteiger partial charge is 0.333 e. The Hall–Kier alpha value is -3.09. The summed E-state index contributed by atoms with van der Waals surface area (Å²) in [5.74, 6) is 0.303. The highest BCUT2D eigenvalue weighted by Crippen LogP contribution is 2.29. The number of carboxylic acids is 1. The average molecular weight is 439 g/mol. The van der Waals surface area contributed by atoms with Crippen molar-refractivity contribution in [3.8, 4) is 11.5 Å². The van der Waals surface area contributed by atoms with Gasteiger partial charge in [0, 0.05) is 24.7 Å². The van der Waals surface area contributed by atoms with Gasteiger partial charge in [-0.3, -0.25) is 0 Å². The number of aromatic nitrogens is 2. The largest absolute Gasteiger partial charge is 0.479 e. The van der Waals surface area contributed by atoms with E-state index in [1.54, 1.807) is 6.92 Å². The molecule has 2 heterocycles. The van der Waals surface area contributed by atoms with E-state index in [0.29, 0.717) is 30.5 Å². The molecule has 0 bridgehead atoms. The number of oxazole rings is 1. The second-order valence-electron chi connectivity index (χ2n) is 7.32. The Balaban J connectivity index is 1.57. The fraction of sp³-hybridized carbons (Fsp3) is 0.250. The van der Waals surface area contributed by atoms with Crippen LogP contribution < -0.4 is 0 Å². The van der Waals surface area contributed by atoms with Crippen molar-refractivity contribution in [2.24, 2.45) is 0 Å². The molecule has 1 atom stereocenters. The first-order chi connectivity index (χ1) is 15.0. The zero-order valence-electron chi connectivity index (χ0n) is 17.3. The van der Waals surface area contributed by atoms with Gasteiger partial charge in [0.25, 0.3) is 0 Å². The van der Waals surface area contributed by atoms with Crippen molar-refractivity contribution in [3.05, 3.63) is 76.8 Å². The van der Waals surface area contributed by atoms with Crippen LogP contribution in [0.1, 0.15) is 23.9 Å². The lowest BCUT2D eigenvalue weighted by molar-refractivity contribution is -0.149. The van der Waals surface area contributed by atoms with E-state index in [2.05, 4.69) is 9.55 Å². The molecule has 0 unspecified atom stereocenters. The molecule has 0 saturated carbocycles. The molecule has 0 aliphatic carbocycles. The van der Waals surface area contributed by atoms with Crippen LogP contribution in [0.2, 0.25) is 5.02 Å². The van der Waals surface area contributed by atoms with Crippen LogP contribution in [0.4, 0.5) is 0 Å². The molecule has 160 valence electrons. The highest BCUT2D eigenvalue weighted by atomic mass is 35.5. The van der Waals surface area contributed by atoms with Gasteiger partial charge in [0.2, 0.25) is 5.89 Å². The molecule has 31 heavy (non-hydrogen) atoms. The SMILES string of the molecule is CCO[C@@H](Cc1ccc2c(ccn2Cc2nc(-c3ccccc3Cl)oc2C)c1)C(=O)O. The summed E-state index contributed by atoms with van der Waals surface area (Å²) in [6.45, 7) is 4.61. The first-order valence-corrected chi connectivity index (χ1v) is 10.5. The Morgan fingerprint density at radius 1 is 1.26 bits per heavy atom. The number of rotatable bonds is 8. The van der Waals surface area contributed by atoms with Gasteiger partial charge in [-0.25, -0.2) is 9.78 Å². The van der Waals surface area contributed by atoms with Crippen LogP contribution in [0, 0.1) is 6.92 Å². The van der Waals surface area contributed by atoms with Crippen LogP contribution in [0.25, 0.3) is 22.4 Å². The van der Waals surface area contributed by atoms with Crippen molar-refractivity contribution < 1.29 is 19.1 Å².